The van der Waals surface area contributed by atoms with Gasteiger partial charge in [0.1, 0.15) is 0 Å². The van der Waals surface area contributed by atoms with Gasteiger partial charge in [0.15, 0.2) is 9.84 Å². The van der Waals surface area contributed by atoms with E-state index in [1.54, 1.807) is 23.9 Å². The van der Waals surface area contributed by atoms with Gasteiger partial charge in [-0.05, 0) is 24.1 Å². The van der Waals surface area contributed by atoms with E-state index in [0.29, 0.717) is 11.6 Å². The van der Waals surface area contributed by atoms with Crippen LogP contribution in [0.5, 0.6) is 0 Å². The third-order valence-corrected chi connectivity index (χ3v) is 5.16. The van der Waals surface area contributed by atoms with E-state index in [9.17, 15) is 8.42 Å². The fourth-order valence-electron chi connectivity index (χ4n) is 1.24. The number of nitrogens with two attached hydrogens (primary N) is 1. The van der Waals surface area contributed by atoms with Crippen molar-refractivity contribution in [2.45, 2.75) is 30.1 Å². The molecule has 1 aromatic carbocycles. The molecule has 17 heavy (non-hydrogen) atoms. The smallest absolute Gasteiger partial charge is 0.175 e. The minimum absolute atomic E-state index is 0.280. The lowest BCUT2D eigenvalue weighted by atomic mass is 10.2. The normalized spacial score (nSPS) is 13.6. The van der Waals surface area contributed by atoms with E-state index in [-0.39, 0.29) is 4.90 Å². The SMILES string of the molecule is CCC(C)CSc1ccc(S(C)(=O)=O)cc1N. The van der Waals surface area contributed by atoms with Gasteiger partial charge >= 0.3 is 0 Å². The number of hydrogen-bond acceptors (Lipinski definition) is 4. The van der Waals surface area contributed by atoms with E-state index in [0.717, 1.165) is 17.1 Å². The second-order valence-corrected chi connectivity index (χ2v) is 7.37. The summed E-state index contributed by atoms with van der Waals surface area (Å²) in [5.41, 5.74) is 6.40. The minimum Gasteiger partial charge on any atom is -0.398 e. The van der Waals surface area contributed by atoms with Crippen molar-refractivity contribution in [1.29, 1.82) is 0 Å². The maximum Gasteiger partial charge on any atom is 0.175 e. The van der Waals surface area contributed by atoms with Crippen LogP contribution in [-0.2, 0) is 9.84 Å². The quantitative estimate of drug-likeness (QED) is 0.662. The average molecular weight is 273 g/mol. The predicted octanol–water partition coefficient (Wildman–Crippen LogP) is 2.81. The van der Waals surface area contributed by atoms with Crippen LogP contribution in [0, 0.1) is 5.92 Å². The van der Waals surface area contributed by atoms with Crippen LogP contribution in [0.15, 0.2) is 28.0 Å². The number of thioether (sulfide) groups is 1. The second-order valence-electron chi connectivity index (χ2n) is 4.30. The topological polar surface area (TPSA) is 60.2 Å². The second kappa shape index (κ2) is 5.78. The Hall–Kier alpha value is -0.680. The summed E-state index contributed by atoms with van der Waals surface area (Å²) in [4.78, 5) is 1.24. The van der Waals surface area contributed by atoms with Crippen molar-refractivity contribution >= 4 is 27.3 Å². The number of hydrogen-bond donors (Lipinski definition) is 1. The highest BCUT2D eigenvalue weighted by molar-refractivity contribution is 7.99. The molecule has 0 spiro atoms. The zero-order valence-electron chi connectivity index (χ0n) is 10.4. The maximum absolute atomic E-state index is 11.3. The van der Waals surface area contributed by atoms with Crippen molar-refractivity contribution in [1.82, 2.24) is 0 Å². The van der Waals surface area contributed by atoms with Crippen molar-refractivity contribution < 1.29 is 8.42 Å². The van der Waals surface area contributed by atoms with Gasteiger partial charge in [0.25, 0.3) is 0 Å². The number of anilines is 1. The van der Waals surface area contributed by atoms with E-state index < -0.39 is 9.84 Å². The molecule has 2 N–H and O–H groups in total. The Labute approximate surface area is 108 Å². The summed E-state index contributed by atoms with van der Waals surface area (Å²) in [5.74, 6) is 1.63. The van der Waals surface area contributed by atoms with Crippen LogP contribution in [0.1, 0.15) is 20.3 Å². The molecule has 5 heteroatoms. The predicted molar refractivity (Wildman–Crippen MR) is 74.1 cm³/mol. The van der Waals surface area contributed by atoms with Gasteiger partial charge in [-0.15, -0.1) is 11.8 Å². The van der Waals surface area contributed by atoms with Crippen molar-refractivity contribution in [2.75, 3.05) is 17.7 Å². The molecule has 1 aromatic rings. The molecule has 1 atom stereocenters. The molecule has 0 aromatic heterocycles. The van der Waals surface area contributed by atoms with Gasteiger partial charge in [0, 0.05) is 22.6 Å². The maximum atomic E-state index is 11.3. The van der Waals surface area contributed by atoms with E-state index in [4.69, 9.17) is 5.73 Å². The van der Waals surface area contributed by atoms with Crippen LogP contribution in [0.4, 0.5) is 5.69 Å². The molecule has 0 aliphatic carbocycles. The molecular formula is C12H19NO2S2. The first kappa shape index (κ1) is 14.4. The van der Waals surface area contributed by atoms with Gasteiger partial charge in [-0.3, -0.25) is 0 Å². The molecular weight excluding hydrogens is 254 g/mol. The third kappa shape index (κ3) is 4.24. The van der Waals surface area contributed by atoms with Crippen LogP contribution in [0.25, 0.3) is 0 Å². The summed E-state index contributed by atoms with van der Waals surface area (Å²) >= 11 is 1.68. The molecule has 0 aliphatic rings. The Morgan fingerprint density at radius 2 is 2.06 bits per heavy atom. The highest BCUT2D eigenvalue weighted by Gasteiger charge is 2.10. The lowest BCUT2D eigenvalue weighted by Crippen LogP contribution is -2.00. The number of sulfone groups is 1. The van der Waals surface area contributed by atoms with Crippen molar-refractivity contribution in [2.24, 2.45) is 5.92 Å². The van der Waals surface area contributed by atoms with E-state index in [2.05, 4.69) is 13.8 Å². The van der Waals surface area contributed by atoms with Gasteiger partial charge in [0.05, 0.1) is 4.90 Å². The highest BCUT2D eigenvalue weighted by atomic mass is 32.2. The molecule has 0 fully saturated rings. The largest absolute Gasteiger partial charge is 0.398 e. The van der Waals surface area contributed by atoms with Crippen LogP contribution in [0.3, 0.4) is 0 Å². The first-order valence-corrected chi connectivity index (χ1v) is 8.44. The van der Waals surface area contributed by atoms with E-state index >= 15 is 0 Å². The van der Waals surface area contributed by atoms with Crippen molar-refractivity contribution in [3.63, 3.8) is 0 Å². The number of benzene rings is 1. The van der Waals surface area contributed by atoms with Crippen LogP contribution in [-0.4, -0.2) is 20.4 Å². The molecule has 3 nitrogen and oxygen atoms in total. The zero-order chi connectivity index (χ0) is 13.1. The summed E-state index contributed by atoms with van der Waals surface area (Å²) in [6.07, 6.45) is 2.32. The molecule has 96 valence electrons. The molecule has 0 heterocycles. The lowest BCUT2D eigenvalue weighted by Gasteiger charge is -2.10. The molecule has 1 unspecified atom stereocenters. The Morgan fingerprint density at radius 1 is 1.41 bits per heavy atom. The highest BCUT2D eigenvalue weighted by Crippen LogP contribution is 2.29. The van der Waals surface area contributed by atoms with E-state index in [1.807, 2.05) is 0 Å². The average Bonchev–Trinajstić information content (AvgIpc) is 2.25. The lowest BCUT2D eigenvalue weighted by molar-refractivity contribution is 0.602. The van der Waals surface area contributed by atoms with Gasteiger partial charge in [0.2, 0.25) is 0 Å². The summed E-state index contributed by atoms with van der Waals surface area (Å²) in [6.45, 7) is 4.34. The first-order chi connectivity index (χ1) is 7.84. The van der Waals surface area contributed by atoms with Crippen molar-refractivity contribution in [3.05, 3.63) is 18.2 Å². The van der Waals surface area contributed by atoms with Crippen LogP contribution < -0.4 is 5.73 Å². The third-order valence-electron chi connectivity index (χ3n) is 2.63. The van der Waals surface area contributed by atoms with Gasteiger partial charge < -0.3 is 5.73 Å². The summed E-state index contributed by atoms with van der Waals surface area (Å²) < 4.78 is 22.7. The van der Waals surface area contributed by atoms with Gasteiger partial charge in [-0.2, -0.15) is 0 Å². The molecule has 0 saturated heterocycles. The number of rotatable bonds is 5. The Morgan fingerprint density at radius 3 is 2.53 bits per heavy atom. The zero-order valence-corrected chi connectivity index (χ0v) is 12.1. The standard InChI is InChI=1S/C12H19NO2S2/c1-4-9(2)8-16-12-6-5-10(7-11(12)13)17(3,14)15/h5-7,9H,4,8,13H2,1-3H3. The Bertz CT molecular complexity index is 483. The Balaban J connectivity index is 2.84. The minimum atomic E-state index is -3.17. The van der Waals surface area contributed by atoms with E-state index in [1.165, 1.54) is 12.3 Å². The molecule has 0 saturated carbocycles. The van der Waals surface area contributed by atoms with Gasteiger partial charge in [-0.1, -0.05) is 20.3 Å². The fourth-order valence-corrected chi connectivity index (χ4v) is 2.98. The molecule has 0 radical (unpaired) electrons. The summed E-state index contributed by atoms with van der Waals surface area (Å²) in [6, 6.07) is 4.94. The monoisotopic (exact) mass is 273 g/mol. The molecule has 1 rings (SSSR count). The fraction of sp³-hybridized carbons (Fsp3) is 0.500. The molecule has 0 aliphatic heterocycles. The van der Waals surface area contributed by atoms with Crippen molar-refractivity contribution in [3.8, 4) is 0 Å². The summed E-state index contributed by atoms with van der Waals surface area (Å²) in [7, 11) is -3.17. The molecule has 0 bridgehead atoms. The van der Waals surface area contributed by atoms with Crippen LogP contribution in [0.2, 0.25) is 0 Å². The van der Waals surface area contributed by atoms with Crippen LogP contribution >= 0.6 is 11.8 Å². The van der Waals surface area contributed by atoms with Gasteiger partial charge in [-0.25, -0.2) is 8.42 Å². The number of nitrogen functional groups attached to an aromatic ring is 1. The Kier molecular flexibility index (Phi) is 4.89. The summed E-state index contributed by atoms with van der Waals surface area (Å²) in [5, 5.41) is 0. The first-order valence-electron chi connectivity index (χ1n) is 5.57. The molecule has 0 amide bonds.